The van der Waals surface area contributed by atoms with Crippen LogP contribution in [0.5, 0.6) is 5.75 Å². The van der Waals surface area contributed by atoms with Gasteiger partial charge in [-0.2, -0.15) is 0 Å². The Bertz CT molecular complexity index is 635. The number of hydrogen-bond acceptors (Lipinski definition) is 3. The summed E-state index contributed by atoms with van der Waals surface area (Å²) >= 11 is 0. The van der Waals surface area contributed by atoms with Crippen molar-refractivity contribution in [3.63, 3.8) is 0 Å². The lowest BCUT2D eigenvalue weighted by Gasteiger charge is -2.21. The summed E-state index contributed by atoms with van der Waals surface area (Å²) in [4.78, 5) is 11.4. The predicted octanol–water partition coefficient (Wildman–Crippen LogP) is 4.58. The van der Waals surface area contributed by atoms with Gasteiger partial charge in [0.15, 0.2) is 0 Å². The summed E-state index contributed by atoms with van der Waals surface area (Å²) in [5, 5.41) is 11.5. The second kappa shape index (κ2) is 7.77. The first-order chi connectivity index (χ1) is 11.1. The maximum atomic E-state index is 11.5. The molecule has 0 spiro atoms. The van der Waals surface area contributed by atoms with Gasteiger partial charge in [-0.05, 0) is 37.1 Å². The van der Waals surface area contributed by atoms with Crippen molar-refractivity contribution < 1.29 is 9.66 Å². The Morgan fingerprint density at radius 2 is 1.52 bits per heavy atom. The van der Waals surface area contributed by atoms with Gasteiger partial charge in [-0.1, -0.05) is 48.9 Å². The summed E-state index contributed by atoms with van der Waals surface area (Å²) < 4.78 is 5.46. The lowest BCUT2D eigenvalue weighted by atomic mass is 9.84. The van der Waals surface area contributed by atoms with Gasteiger partial charge >= 0.3 is 0 Å². The van der Waals surface area contributed by atoms with Crippen LogP contribution < -0.4 is 4.74 Å². The molecule has 0 saturated heterocycles. The Hall–Kier alpha value is -2.36. The molecule has 2 rings (SSSR count). The van der Waals surface area contributed by atoms with E-state index in [2.05, 4.69) is 0 Å². The number of nitrogens with zero attached hydrogens (tertiary/aromatic N) is 1. The highest BCUT2D eigenvalue weighted by molar-refractivity contribution is 5.38. The van der Waals surface area contributed by atoms with Gasteiger partial charge in [-0.15, -0.1) is 0 Å². The van der Waals surface area contributed by atoms with Gasteiger partial charge in [0, 0.05) is 11.3 Å². The van der Waals surface area contributed by atoms with Crippen LogP contribution in [0.4, 0.5) is 0 Å². The van der Waals surface area contributed by atoms with Crippen LogP contribution in [0.25, 0.3) is 0 Å². The molecule has 0 fully saturated rings. The first-order valence-corrected chi connectivity index (χ1v) is 7.99. The lowest BCUT2D eigenvalue weighted by Crippen LogP contribution is -2.27. The topological polar surface area (TPSA) is 52.4 Å². The first-order valence-electron chi connectivity index (χ1n) is 7.99. The predicted molar refractivity (Wildman–Crippen MR) is 91.7 cm³/mol. The van der Waals surface area contributed by atoms with Crippen LogP contribution in [0.3, 0.4) is 0 Å². The summed E-state index contributed by atoms with van der Waals surface area (Å²) in [5.74, 6) is 0.527. The number of hydrogen-bond donors (Lipinski definition) is 0. The van der Waals surface area contributed by atoms with Crippen molar-refractivity contribution in [2.24, 2.45) is 0 Å². The third-order valence-electron chi connectivity index (χ3n) is 4.06. The highest BCUT2D eigenvalue weighted by Gasteiger charge is 2.32. The monoisotopic (exact) mass is 313 g/mol. The van der Waals surface area contributed by atoms with Crippen LogP contribution in [0.1, 0.15) is 42.9 Å². The van der Waals surface area contributed by atoms with Crippen LogP contribution in [0.2, 0.25) is 0 Å². The number of rotatable bonds is 7. The van der Waals surface area contributed by atoms with E-state index in [-0.39, 0.29) is 10.8 Å². The van der Waals surface area contributed by atoms with E-state index in [0.717, 1.165) is 22.4 Å². The molecule has 0 saturated carbocycles. The van der Waals surface area contributed by atoms with Gasteiger partial charge in [0.05, 0.1) is 12.5 Å². The van der Waals surface area contributed by atoms with Crippen molar-refractivity contribution in [2.75, 3.05) is 6.61 Å². The summed E-state index contributed by atoms with van der Waals surface area (Å²) in [6.45, 7) is 6.42. The third kappa shape index (κ3) is 4.09. The average molecular weight is 313 g/mol. The fourth-order valence-corrected chi connectivity index (χ4v) is 2.86. The molecule has 0 aromatic heterocycles. The Kier molecular flexibility index (Phi) is 5.74. The summed E-state index contributed by atoms with van der Waals surface area (Å²) in [7, 11) is 0. The average Bonchev–Trinajstić information content (AvgIpc) is 2.54. The van der Waals surface area contributed by atoms with E-state index in [1.54, 1.807) is 0 Å². The largest absolute Gasteiger partial charge is 0.494 e. The second-order valence-electron chi connectivity index (χ2n) is 5.65. The van der Waals surface area contributed by atoms with Crippen molar-refractivity contribution in [1.82, 2.24) is 0 Å². The molecule has 0 N–H and O–H groups in total. The molecule has 122 valence electrons. The fourth-order valence-electron chi connectivity index (χ4n) is 2.86. The molecule has 0 radical (unpaired) electrons. The van der Waals surface area contributed by atoms with Crippen LogP contribution >= 0.6 is 0 Å². The van der Waals surface area contributed by atoms with Gasteiger partial charge in [-0.25, -0.2) is 0 Å². The Labute approximate surface area is 137 Å². The van der Waals surface area contributed by atoms with Crippen LogP contribution in [-0.2, 0) is 0 Å². The van der Waals surface area contributed by atoms with E-state index >= 15 is 0 Å². The number of nitro groups is 1. The number of benzene rings is 2. The standard InChI is InChI=1S/C19H23NO3/c1-4-18(20(21)22)19(15-8-6-14(3)7-9-15)16-10-12-17(13-11-16)23-5-2/h6-13,18-19H,4-5H2,1-3H3. The number of aryl methyl sites for hydroxylation is 1. The van der Waals surface area contributed by atoms with E-state index in [0.29, 0.717) is 13.0 Å². The maximum absolute atomic E-state index is 11.5. The molecule has 0 aliphatic heterocycles. The Morgan fingerprint density at radius 1 is 1.00 bits per heavy atom. The number of ether oxygens (including phenoxy) is 1. The van der Waals surface area contributed by atoms with Crippen molar-refractivity contribution in [2.45, 2.75) is 39.2 Å². The molecule has 2 aromatic carbocycles. The zero-order chi connectivity index (χ0) is 16.8. The smallest absolute Gasteiger partial charge is 0.223 e. The zero-order valence-electron chi connectivity index (χ0n) is 13.9. The zero-order valence-corrected chi connectivity index (χ0v) is 13.9. The lowest BCUT2D eigenvalue weighted by molar-refractivity contribution is -0.525. The Balaban J connectivity index is 2.43. The van der Waals surface area contributed by atoms with Crippen molar-refractivity contribution in [1.29, 1.82) is 0 Å². The first kappa shape index (κ1) is 17.0. The highest BCUT2D eigenvalue weighted by Crippen LogP contribution is 2.32. The Morgan fingerprint density at radius 3 is 1.96 bits per heavy atom. The van der Waals surface area contributed by atoms with E-state index in [9.17, 15) is 10.1 Å². The molecule has 4 heteroatoms. The van der Waals surface area contributed by atoms with E-state index in [4.69, 9.17) is 4.74 Å². The molecule has 0 amide bonds. The van der Waals surface area contributed by atoms with Crippen LogP contribution in [-0.4, -0.2) is 17.6 Å². The van der Waals surface area contributed by atoms with E-state index < -0.39 is 6.04 Å². The van der Waals surface area contributed by atoms with Crippen LogP contribution in [0.15, 0.2) is 48.5 Å². The maximum Gasteiger partial charge on any atom is 0.223 e. The summed E-state index contributed by atoms with van der Waals surface area (Å²) in [5.41, 5.74) is 3.07. The van der Waals surface area contributed by atoms with Crippen molar-refractivity contribution >= 4 is 0 Å². The molecule has 0 aliphatic carbocycles. The molecular weight excluding hydrogens is 290 g/mol. The normalized spacial score (nSPS) is 13.3. The van der Waals surface area contributed by atoms with Crippen molar-refractivity contribution in [3.05, 3.63) is 75.3 Å². The summed E-state index contributed by atoms with van der Waals surface area (Å²) in [6.07, 6.45) is 0.485. The van der Waals surface area contributed by atoms with Gasteiger partial charge in [0.1, 0.15) is 5.75 Å². The minimum absolute atomic E-state index is 0.166. The molecule has 4 nitrogen and oxygen atoms in total. The quantitative estimate of drug-likeness (QED) is 0.555. The molecule has 23 heavy (non-hydrogen) atoms. The molecule has 0 bridgehead atoms. The van der Waals surface area contributed by atoms with Crippen LogP contribution in [0, 0.1) is 17.0 Å². The second-order valence-corrected chi connectivity index (χ2v) is 5.65. The van der Waals surface area contributed by atoms with Gasteiger partial charge < -0.3 is 4.74 Å². The van der Waals surface area contributed by atoms with E-state index in [1.165, 1.54) is 0 Å². The third-order valence-corrected chi connectivity index (χ3v) is 4.06. The minimum atomic E-state index is -0.643. The van der Waals surface area contributed by atoms with Crippen molar-refractivity contribution in [3.8, 4) is 5.75 Å². The highest BCUT2D eigenvalue weighted by atomic mass is 16.6. The van der Waals surface area contributed by atoms with Gasteiger partial charge in [-0.3, -0.25) is 10.1 Å². The summed E-state index contributed by atoms with van der Waals surface area (Å²) in [6, 6.07) is 15.0. The molecular formula is C19H23NO3. The molecule has 0 aliphatic rings. The fraction of sp³-hybridized carbons (Fsp3) is 0.368. The van der Waals surface area contributed by atoms with Gasteiger partial charge in [0.2, 0.25) is 6.04 Å². The van der Waals surface area contributed by atoms with Gasteiger partial charge in [0.25, 0.3) is 0 Å². The SMILES string of the molecule is CCOc1ccc(C(c2ccc(C)cc2)C(CC)[N+](=O)[O-])cc1. The van der Waals surface area contributed by atoms with E-state index in [1.807, 2.05) is 69.3 Å². The molecule has 2 unspecified atom stereocenters. The molecule has 2 atom stereocenters. The molecule has 2 aromatic rings. The minimum Gasteiger partial charge on any atom is -0.494 e. The molecule has 0 heterocycles.